The van der Waals surface area contributed by atoms with Crippen LogP contribution in [0.15, 0.2) is 123 Å². The topological polar surface area (TPSA) is 130 Å². The fourth-order valence-electron chi connectivity index (χ4n) is 4.22. The van der Waals surface area contributed by atoms with E-state index >= 15 is 0 Å². The minimum atomic E-state index is -0.931. The van der Waals surface area contributed by atoms with Crippen LogP contribution in [0.4, 0.5) is 0 Å². The standard InChI is InChI=1S/C43H26O9/c1-5-37(44)50-41(47)35-22-16-31(17-23-35)13-10-29-8-11-30(12-9-29)14-20-33-26-27-34(40(28(33)4)43(49)52-39(46)7-3)21-15-32-18-24-36(25-19-32)42(48)51-38(45)6-2/h5-9,11-12,16-19,22-27H,1-3H2,4H3. The van der Waals surface area contributed by atoms with E-state index < -0.39 is 35.8 Å². The summed E-state index contributed by atoms with van der Waals surface area (Å²) in [6.07, 6.45) is 2.65. The summed E-state index contributed by atoms with van der Waals surface area (Å²) in [5.41, 5.74) is 4.06. The summed E-state index contributed by atoms with van der Waals surface area (Å²) in [7, 11) is 0. The molecule has 4 rings (SSSR count). The van der Waals surface area contributed by atoms with Crippen molar-refractivity contribution >= 4 is 35.8 Å². The van der Waals surface area contributed by atoms with E-state index in [1.807, 2.05) is 0 Å². The molecule has 0 saturated carbocycles. The zero-order valence-electron chi connectivity index (χ0n) is 27.6. The Labute approximate surface area is 299 Å². The highest BCUT2D eigenvalue weighted by Gasteiger charge is 2.20. The molecule has 0 unspecified atom stereocenters. The van der Waals surface area contributed by atoms with E-state index in [4.69, 9.17) is 4.74 Å². The van der Waals surface area contributed by atoms with Crippen LogP contribution in [-0.2, 0) is 28.6 Å². The van der Waals surface area contributed by atoms with Crippen LogP contribution in [0, 0.1) is 42.4 Å². The van der Waals surface area contributed by atoms with Crippen LogP contribution in [0.2, 0.25) is 0 Å². The van der Waals surface area contributed by atoms with Crippen molar-refractivity contribution < 1.29 is 43.0 Å². The second-order valence-electron chi connectivity index (χ2n) is 10.4. The summed E-state index contributed by atoms with van der Waals surface area (Å²) < 4.78 is 14.1. The van der Waals surface area contributed by atoms with Gasteiger partial charge in [0.15, 0.2) is 0 Å². The minimum Gasteiger partial charge on any atom is -0.386 e. The van der Waals surface area contributed by atoms with Gasteiger partial charge in [0.25, 0.3) is 0 Å². The Bertz CT molecular complexity index is 2330. The van der Waals surface area contributed by atoms with E-state index in [-0.39, 0.29) is 22.3 Å². The number of hydrogen-bond acceptors (Lipinski definition) is 9. The second kappa shape index (κ2) is 17.6. The SMILES string of the molecule is C=CC(=O)OC(=O)c1ccc(C#Cc2ccc(C#Cc3ccc(C#Cc4ccc(C(=O)OC(=O)C=C)cc4)c(C(=O)OC(=O)C=C)c3C)cc2)cc1. The summed E-state index contributed by atoms with van der Waals surface area (Å²) in [6.45, 7) is 11.5. The number of carbonyl (C=O) groups excluding carboxylic acids is 6. The van der Waals surface area contributed by atoms with Gasteiger partial charge in [0, 0.05) is 51.6 Å². The molecule has 252 valence electrons. The third-order valence-corrected chi connectivity index (χ3v) is 6.91. The summed E-state index contributed by atoms with van der Waals surface area (Å²) in [5, 5.41) is 0. The summed E-state index contributed by atoms with van der Waals surface area (Å²) in [5.74, 6) is 12.8. The van der Waals surface area contributed by atoms with Gasteiger partial charge < -0.3 is 14.2 Å². The molecule has 0 aromatic heterocycles. The normalized spacial score (nSPS) is 9.48. The van der Waals surface area contributed by atoms with Gasteiger partial charge >= 0.3 is 35.8 Å². The summed E-state index contributed by atoms with van der Waals surface area (Å²) >= 11 is 0. The molecular weight excluding hydrogens is 660 g/mol. The predicted molar refractivity (Wildman–Crippen MR) is 190 cm³/mol. The Morgan fingerprint density at radius 3 is 1.13 bits per heavy atom. The molecule has 0 aliphatic carbocycles. The van der Waals surface area contributed by atoms with Crippen LogP contribution in [0.25, 0.3) is 0 Å². The molecule has 0 N–H and O–H groups in total. The average Bonchev–Trinajstić information content (AvgIpc) is 3.16. The van der Waals surface area contributed by atoms with E-state index in [0.29, 0.717) is 33.4 Å². The van der Waals surface area contributed by atoms with Crippen molar-refractivity contribution in [2.75, 3.05) is 0 Å². The van der Waals surface area contributed by atoms with Crippen molar-refractivity contribution in [2.45, 2.75) is 6.92 Å². The van der Waals surface area contributed by atoms with Crippen molar-refractivity contribution in [2.24, 2.45) is 0 Å². The molecule has 4 aromatic carbocycles. The van der Waals surface area contributed by atoms with Gasteiger partial charge in [0.05, 0.1) is 16.7 Å². The molecule has 0 bridgehead atoms. The first-order valence-electron chi connectivity index (χ1n) is 15.2. The lowest BCUT2D eigenvalue weighted by molar-refractivity contribution is -0.133. The zero-order chi connectivity index (χ0) is 37.6. The number of esters is 6. The highest BCUT2D eigenvalue weighted by atomic mass is 16.6. The monoisotopic (exact) mass is 686 g/mol. The van der Waals surface area contributed by atoms with Crippen LogP contribution in [0.3, 0.4) is 0 Å². The molecule has 0 aliphatic heterocycles. The van der Waals surface area contributed by atoms with Crippen LogP contribution in [-0.4, -0.2) is 35.8 Å². The average molecular weight is 687 g/mol. The molecule has 0 saturated heterocycles. The maximum Gasteiger partial charge on any atom is 0.347 e. The zero-order valence-corrected chi connectivity index (χ0v) is 27.6. The second-order valence-corrected chi connectivity index (χ2v) is 10.4. The Balaban J connectivity index is 1.54. The molecule has 0 amide bonds. The highest BCUT2D eigenvalue weighted by Crippen LogP contribution is 2.20. The summed E-state index contributed by atoms with van der Waals surface area (Å²) in [4.78, 5) is 71.5. The van der Waals surface area contributed by atoms with E-state index in [1.165, 1.54) is 24.3 Å². The smallest absolute Gasteiger partial charge is 0.347 e. The molecule has 52 heavy (non-hydrogen) atoms. The number of hydrogen-bond donors (Lipinski definition) is 0. The third-order valence-electron chi connectivity index (χ3n) is 6.91. The fraction of sp³-hybridized carbons (Fsp3) is 0.0233. The van der Waals surface area contributed by atoms with Crippen molar-refractivity contribution in [3.05, 3.63) is 179 Å². The van der Waals surface area contributed by atoms with Crippen molar-refractivity contribution in [1.29, 1.82) is 0 Å². The molecule has 0 spiro atoms. The Hall–Kier alpha value is -7.80. The largest absolute Gasteiger partial charge is 0.386 e. The molecule has 9 nitrogen and oxygen atoms in total. The highest BCUT2D eigenvalue weighted by molar-refractivity contribution is 6.03. The molecule has 9 heteroatoms. The van der Waals surface area contributed by atoms with Gasteiger partial charge in [-0.05, 0) is 97.4 Å². The lowest BCUT2D eigenvalue weighted by Gasteiger charge is -2.09. The van der Waals surface area contributed by atoms with Crippen LogP contribution in [0.5, 0.6) is 0 Å². The van der Waals surface area contributed by atoms with E-state index in [9.17, 15) is 28.8 Å². The van der Waals surface area contributed by atoms with E-state index in [1.54, 1.807) is 67.6 Å². The number of rotatable bonds is 6. The van der Waals surface area contributed by atoms with Gasteiger partial charge in [-0.1, -0.05) is 55.3 Å². The van der Waals surface area contributed by atoms with Crippen molar-refractivity contribution in [3.8, 4) is 35.5 Å². The van der Waals surface area contributed by atoms with Crippen molar-refractivity contribution in [1.82, 2.24) is 0 Å². The Morgan fingerprint density at radius 2 is 0.750 bits per heavy atom. The molecule has 0 fully saturated rings. The van der Waals surface area contributed by atoms with Gasteiger partial charge in [-0.25, -0.2) is 28.8 Å². The summed E-state index contributed by atoms with van der Waals surface area (Å²) in [6, 6.07) is 22.6. The third kappa shape index (κ3) is 10.1. The molecular formula is C43H26O9. The first-order valence-corrected chi connectivity index (χ1v) is 15.2. The van der Waals surface area contributed by atoms with Crippen LogP contribution >= 0.6 is 0 Å². The molecule has 0 heterocycles. The maximum atomic E-state index is 13.1. The van der Waals surface area contributed by atoms with Crippen LogP contribution in [0.1, 0.15) is 70.0 Å². The Kier molecular flexibility index (Phi) is 12.5. The molecule has 0 radical (unpaired) electrons. The fourth-order valence-corrected chi connectivity index (χ4v) is 4.22. The maximum absolute atomic E-state index is 13.1. The van der Waals surface area contributed by atoms with Gasteiger partial charge in [-0.15, -0.1) is 0 Å². The number of ether oxygens (including phenoxy) is 3. The lowest BCUT2D eigenvalue weighted by atomic mass is 9.96. The van der Waals surface area contributed by atoms with Crippen LogP contribution < -0.4 is 0 Å². The number of carbonyl (C=O) groups is 6. The van der Waals surface area contributed by atoms with Gasteiger partial charge in [-0.3, -0.25) is 0 Å². The first kappa shape index (κ1) is 37.0. The van der Waals surface area contributed by atoms with Crippen molar-refractivity contribution in [3.63, 3.8) is 0 Å². The molecule has 4 aromatic rings. The van der Waals surface area contributed by atoms with E-state index in [2.05, 4.69) is 64.7 Å². The van der Waals surface area contributed by atoms with E-state index in [0.717, 1.165) is 18.2 Å². The quantitative estimate of drug-likeness (QED) is 0.0812. The predicted octanol–water partition coefficient (Wildman–Crippen LogP) is 5.80. The van der Waals surface area contributed by atoms with Gasteiger partial charge in [-0.2, -0.15) is 0 Å². The first-order chi connectivity index (χ1) is 25.0. The lowest BCUT2D eigenvalue weighted by Crippen LogP contribution is -2.14. The minimum absolute atomic E-state index is 0.0402. The molecule has 0 aliphatic rings. The van der Waals surface area contributed by atoms with Gasteiger partial charge in [0.2, 0.25) is 0 Å². The number of benzene rings is 4. The Morgan fingerprint density at radius 1 is 0.442 bits per heavy atom. The molecule has 0 atom stereocenters. The van der Waals surface area contributed by atoms with Gasteiger partial charge in [0.1, 0.15) is 0 Å².